The van der Waals surface area contributed by atoms with E-state index in [0.29, 0.717) is 24.8 Å². The highest BCUT2D eigenvalue weighted by atomic mass is 19.4. The number of carbonyl (C=O) groups excluding carboxylic acids is 1. The minimum absolute atomic E-state index is 0.255. The largest absolute Gasteiger partial charge is 0.416 e. The van der Waals surface area contributed by atoms with Crippen molar-refractivity contribution in [2.75, 3.05) is 0 Å². The molecule has 0 aromatic heterocycles. The van der Waals surface area contributed by atoms with Gasteiger partial charge in [-0.1, -0.05) is 71.6 Å². The number of halogens is 3. The Kier molecular flexibility index (Phi) is 11.2. The quantitative estimate of drug-likeness (QED) is 0.330. The number of amides is 1. The first kappa shape index (κ1) is 24.5. The monoisotopic (exact) mass is 399 g/mol. The molecule has 0 fully saturated rings. The summed E-state index contributed by atoms with van der Waals surface area (Å²) in [5, 5.41) is 0. The van der Waals surface area contributed by atoms with Gasteiger partial charge in [0.2, 0.25) is 5.91 Å². The van der Waals surface area contributed by atoms with E-state index in [-0.39, 0.29) is 11.1 Å². The number of hydrogen-bond donors (Lipinski definition) is 1. The smallest absolute Gasteiger partial charge is 0.366 e. The molecule has 2 N–H and O–H groups in total. The van der Waals surface area contributed by atoms with E-state index >= 15 is 0 Å². The lowest BCUT2D eigenvalue weighted by atomic mass is 9.88. The van der Waals surface area contributed by atoms with Crippen LogP contribution in [0.4, 0.5) is 13.2 Å². The molecule has 28 heavy (non-hydrogen) atoms. The van der Waals surface area contributed by atoms with E-state index in [0.717, 1.165) is 63.9 Å². The number of nitrogens with two attached hydrogens (primary N) is 1. The number of alkyl halides is 3. The lowest BCUT2D eigenvalue weighted by molar-refractivity contribution is -0.138. The molecule has 0 spiro atoms. The van der Waals surface area contributed by atoms with Crippen LogP contribution in [0.1, 0.15) is 112 Å². The van der Waals surface area contributed by atoms with Crippen LogP contribution >= 0.6 is 0 Å². The number of unbranched alkanes of at least 4 members (excludes halogenated alkanes) is 9. The van der Waals surface area contributed by atoms with Gasteiger partial charge in [-0.3, -0.25) is 4.79 Å². The van der Waals surface area contributed by atoms with E-state index in [1.54, 1.807) is 0 Å². The summed E-state index contributed by atoms with van der Waals surface area (Å²) < 4.78 is 40.8. The van der Waals surface area contributed by atoms with Gasteiger partial charge in [0.25, 0.3) is 0 Å². The maximum Gasteiger partial charge on any atom is 0.416 e. The first-order valence-electron chi connectivity index (χ1n) is 10.8. The van der Waals surface area contributed by atoms with Gasteiger partial charge in [-0.2, -0.15) is 13.2 Å². The van der Waals surface area contributed by atoms with Crippen molar-refractivity contribution in [1.29, 1.82) is 0 Å². The zero-order chi connectivity index (χ0) is 21.0. The van der Waals surface area contributed by atoms with Crippen LogP contribution in [0.5, 0.6) is 0 Å². The van der Waals surface area contributed by atoms with E-state index in [4.69, 9.17) is 5.73 Å². The Hall–Kier alpha value is -1.52. The van der Waals surface area contributed by atoms with Crippen LogP contribution in [-0.2, 0) is 19.0 Å². The van der Waals surface area contributed by atoms with Gasteiger partial charge in [0.15, 0.2) is 0 Å². The Morgan fingerprint density at radius 2 is 1.25 bits per heavy atom. The third kappa shape index (κ3) is 8.24. The van der Waals surface area contributed by atoms with Crippen molar-refractivity contribution < 1.29 is 18.0 Å². The van der Waals surface area contributed by atoms with Crippen molar-refractivity contribution in [2.24, 2.45) is 5.73 Å². The number of rotatable bonds is 14. The highest BCUT2D eigenvalue weighted by Gasteiger charge is 2.35. The number of benzene rings is 1. The van der Waals surface area contributed by atoms with Gasteiger partial charge in [0, 0.05) is 5.56 Å². The summed E-state index contributed by atoms with van der Waals surface area (Å²) >= 11 is 0. The van der Waals surface area contributed by atoms with Crippen molar-refractivity contribution in [3.05, 3.63) is 34.4 Å². The molecule has 0 unspecified atom stereocenters. The average molecular weight is 400 g/mol. The molecule has 1 aromatic carbocycles. The summed E-state index contributed by atoms with van der Waals surface area (Å²) in [5.41, 5.74) is 5.95. The molecule has 160 valence electrons. The first-order chi connectivity index (χ1) is 13.3. The standard InChI is InChI=1S/C23H36F3NO/c1-3-5-7-9-11-12-14-18-19(15-13-10-8-6-4-2)21(23(24,25)26)17-16-20(18)22(27)28/h16-17H,3-15H2,1-2H3,(H2,27,28). The Bertz CT molecular complexity index is 596. The van der Waals surface area contributed by atoms with Crippen molar-refractivity contribution in [2.45, 2.75) is 103 Å². The molecule has 1 aromatic rings. The molecule has 2 nitrogen and oxygen atoms in total. The van der Waals surface area contributed by atoms with Crippen molar-refractivity contribution >= 4 is 5.91 Å². The van der Waals surface area contributed by atoms with Crippen LogP contribution in [0, 0.1) is 0 Å². The summed E-state index contributed by atoms with van der Waals surface area (Å²) in [7, 11) is 0. The molecular formula is C23H36F3NO. The molecule has 0 aliphatic carbocycles. The molecule has 0 saturated carbocycles. The maximum atomic E-state index is 13.6. The maximum absolute atomic E-state index is 13.6. The zero-order valence-corrected chi connectivity index (χ0v) is 17.5. The summed E-state index contributed by atoms with van der Waals surface area (Å²) in [4.78, 5) is 11.9. The minimum atomic E-state index is -4.41. The van der Waals surface area contributed by atoms with Gasteiger partial charge in [0.05, 0.1) is 5.56 Å². The summed E-state index contributed by atoms with van der Waals surface area (Å²) in [5.74, 6) is -0.637. The third-order valence-electron chi connectivity index (χ3n) is 5.31. The number of carbonyl (C=O) groups is 1. The summed E-state index contributed by atoms with van der Waals surface area (Å²) in [6, 6.07) is 2.30. The van der Waals surface area contributed by atoms with Crippen LogP contribution in [0.3, 0.4) is 0 Å². The van der Waals surface area contributed by atoms with E-state index in [1.807, 2.05) is 0 Å². The Morgan fingerprint density at radius 3 is 1.71 bits per heavy atom. The first-order valence-corrected chi connectivity index (χ1v) is 10.8. The lowest BCUT2D eigenvalue weighted by Gasteiger charge is -2.20. The molecule has 0 aliphatic rings. The molecule has 1 amide bonds. The summed E-state index contributed by atoms with van der Waals surface area (Å²) in [6.45, 7) is 4.26. The van der Waals surface area contributed by atoms with Crippen molar-refractivity contribution in [3.8, 4) is 0 Å². The predicted octanol–water partition coefficient (Wildman–Crippen LogP) is 7.22. The molecule has 0 heterocycles. The molecular weight excluding hydrogens is 363 g/mol. The molecule has 0 aliphatic heterocycles. The Labute approximate surface area is 168 Å². The molecule has 0 saturated heterocycles. The van der Waals surface area contributed by atoms with Gasteiger partial charge in [-0.15, -0.1) is 0 Å². The molecule has 1 rings (SSSR count). The van der Waals surface area contributed by atoms with Gasteiger partial charge < -0.3 is 5.73 Å². The minimum Gasteiger partial charge on any atom is -0.366 e. The highest BCUT2D eigenvalue weighted by molar-refractivity contribution is 5.94. The average Bonchev–Trinajstić information content (AvgIpc) is 2.63. The Balaban J connectivity index is 3.02. The molecule has 0 bridgehead atoms. The normalized spacial score (nSPS) is 11.8. The van der Waals surface area contributed by atoms with E-state index in [2.05, 4.69) is 13.8 Å². The van der Waals surface area contributed by atoms with Crippen LogP contribution in [0.2, 0.25) is 0 Å². The molecule has 0 atom stereocenters. The van der Waals surface area contributed by atoms with E-state index in [1.165, 1.54) is 12.5 Å². The van der Waals surface area contributed by atoms with E-state index < -0.39 is 17.6 Å². The second-order valence-corrected chi connectivity index (χ2v) is 7.66. The SMILES string of the molecule is CCCCCCCCc1c(C(N)=O)ccc(C(F)(F)F)c1CCCCCCC. The van der Waals surface area contributed by atoms with Gasteiger partial charge in [-0.25, -0.2) is 0 Å². The number of hydrogen-bond acceptors (Lipinski definition) is 1. The van der Waals surface area contributed by atoms with Crippen LogP contribution < -0.4 is 5.73 Å². The van der Waals surface area contributed by atoms with Crippen LogP contribution in [0.25, 0.3) is 0 Å². The van der Waals surface area contributed by atoms with Crippen LogP contribution in [-0.4, -0.2) is 5.91 Å². The number of primary amides is 1. The van der Waals surface area contributed by atoms with Gasteiger partial charge >= 0.3 is 6.18 Å². The Morgan fingerprint density at radius 1 is 0.786 bits per heavy atom. The molecule has 5 heteroatoms. The van der Waals surface area contributed by atoms with Gasteiger partial charge in [0.1, 0.15) is 0 Å². The predicted molar refractivity (Wildman–Crippen MR) is 110 cm³/mol. The van der Waals surface area contributed by atoms with Gasteiger partial charge in [-0.05, 0) is 48.9 Å². The van der Waals surface area contributed by atoms with Crippen molar-refractivity contribution in [1.82, 2.24) is 0 Å². The second-order valence-electron chi connectivity index (χ2n) is 7.66. The molecule has 0 radical (unpaired) electrons. The highest BCUT2D eigenvalue weighted by Crippen LogP contribution is 2.36. The summed E-state index contributed by atoms with van der Waals surface area (Å²) in [6.07, 6.45) is 7.55. The fraction of sp³-hybridized carbons (Fsp3) is 0.696. The van der Waals surface area contributed by atoms with E-state index in [9.17, 15) is 18.0 Å². The van der Waals surface area contributed by atoms with Crippen LogP contribution in [0.15, 0.2) is 12.1 Å². The third-order valence-corrected chi connectivity index (χ3v) is 5.31. The fourth-order valence-electron chi connectivity index (χ4n) is 3.75. The van der Waals surface area contributed by atoms with Crippen molar-refractivity contribution in [3.63, 3.8) is 0 Å². The second kappa shape index (κ2) is 12.8. The fourth-order valence-corrected chi connectivity index (χ4v) is 3.75. The lowest BCUT2D eigenvalue weighted by Crippen LogP contribution is -2.19. The topological polar surface area (TPSA) is 43.1 Å². The zero-order valence-electron chi connectivity index (χ0n) is 17.5.